The molecule has 0 radical (unpaired) electrons. The summed E-state index contributed by atoms with van der Waals surface area (Å²) in [5.74, 6) is -0.0780. The summed E-state index contributed by atoms with van der Waals surface area (Å²) in [6, 6.07) is -0.451. The van der Waals surface area contributed by atoms with Crippen molar-refractivity contribution < 1.29 is 14.3 Å². The number of nitrogens with two attached hydrogens (primary N) is 1. The molecule has 19 heavy (non-hydrogen) atoms. The van der Waals surface area contributed by atoms with Crippen LogP contribution in [0, 0.1) is 5.41 Å². The Balaban J connectivity index is 1.93. The van der Waals surface area contributed by atoms with Crippen molar-refractivity contribution in [3.05, 3.63) is 0 Å². The van der Waals surface area contributed by atoms with E-state index in [2.05, 4.69) is 5.32 Å². The van der Waals surface area contributed by atoms with Crippen LogP contribution in [0.1, 0.15) is 33.6 Å². The smallest absolute Gasteiger partial charge is 0.410 e. The highest BCUT2D eigenvalue weighted by atomic mass is 16.6. The van der Waals surface area contributed by atoms with Crippen LogP contribution in [0.25, 0.3) is 0 Å². The van der Waals surface area contributed by atoms with Crippen LogP contribution >= 0.6 is 0 Å². The van der Waals surface area contributed by atoms with Gasteiger partial charge in [0.15, 0.2) is 0 Å². The van der Waals surface area contributed by atoms with Gasteiger partial charge in [0.1, 0.15) is 5.60 Å². The molecule has 0 unspecified atom stereocenters. The Bertz CT molecular complexity index is 381. The molecule has 6 nitrogen and oxygen atoms in total. The van der Waals surface area contributed by atoms with Gasteiger partial charge in [-0.05, 0) is 33.6 Å². The number of likely N-dealkylation sites (tertiary alicyclic amines) is 1. The maximum Gasteiger partial charge on any atom is 0.410 e. The van der Waals surface area contributed by atoms with Crippen molar-refractivity contribution in [2.45, 2.75) is 45.3 Å². The van der Waals surface area contributed by atoms with Crippen LogP contribution in [0.4, 0.5) is 4.79 Å². The summed E-state index contributed by atoms with van der Waals surface area (Å²) in [5, 5.41) is 2.81. The number of piperidine rings is 1. The van der Waals surface area contributed by atoms with Crippen LogP contribution in [-0.4, -0.2) is 48.2 Å². The molecule has 0 aromatic heterocycles. The van der Waals surface area contributed by atoms with E-state index in [1.165, 1.54) is 0 Å². The second-order valence-electron chi connectivity index (χ2n) is 6.53. The fourth-order valence-electron chi connectivity index (χ4n) is 2.71. The minimum atomic E-state index is -0.479. The lowest BCUT2D eigenvalue weighted by Crippen LogP contribution is -2.52. The van der Waals surface area contributed by atoms with E-state index in [0.717, 1.165) is 12.8 Å². The zero-order valence-electron chi connectivity index (χ0n) is 11.9. The number of amides is 2. The van der Waals surface area contributed by atoms with Crippen molar-refractivity contribution in [3.63, 3.8) is 0 Å². The molecule has 108 valence electrons. The van der Waals surface area contributed by atoms with E-state index < -0.39 is 11.6 Å². The zero-order valence-corrected chi connectivity index (χ0v) is 11.9. The van der Waals surface area contributed by atoms with Crippen LogP contribution in [0.3, 0.4) is 0 Å². The second kappa shape index (κ2) is 4.67. The summed E-state index contributed by atoms with van der Waals surface area (Å²) in [4.78, 5) is 25.2. The predicted octanol–water partition coefficient (Wildman–Crippen LogP) is 0.461. The first-order chi connectivity index (χ1) is 8.73. The molecule has 2 fully saturated rings. The van der Waals surface area contributed by atoms with Gasteiger partial charge in [0.05, 0.1) is 6.04 Å². The van der Waals surface area contributed by atoms with E-state index in [-0.39, 0.29) is 17.4 Å². The van der Waals surface area contributed by atoms with Crippen LogP contribution in [0.2, 0.25) is 0 Å². The number of hydrogen-bond donors (Lipinski definition) is 2. The minimum absolute atomic E-state index is 0.0780. The molecule has 1 atom stereocenters. The van der Waals surface area contributed by atoms with Crippen molar-refractivity contribution >= 4 is 12.0 Å². The molecule has 1 spiro atoms. The fourth-order valence-corrected chi connectivity index (χ4v) is 2.71. The monoisotopic (exact) mass is 269 g/mol. The minimum Gasteiger partial charge on any atom is -0.444 e. The lowest BCUT2D eigenvalue weighted by molar-refractivity contribution is -0.121. The van der Waals surface area contributed by atoms with Crippen molar-refractivity contribution in [1.82, 2.24) is 10.2 Å². The molecule has 2 heterocycles. The van der Waals surface area contributed by atoms with E-state index in [1.807, 2.05) is 20.8 Å². The van der Waals surface area contributed by atoms with E-state index in [9.17, 15) is 9.59 Å². The Morgan fingerprint density at radius 2 is 2.00 bits per heavy atom. The number of carbonyl (C=O) groups excluding carboxylic acids is 2. The normalized spacial score (nSPS) is 26.4. The van der Waals surface area contributed by atoms with Crippen molar-refractivity contribution in [1.29, 1.82) is 0 Å². The van der Waals surface area contributed by atoms with Gasteiger partial charge in [-0.1, -0.05) is 0 Å². The molecule has 2 aliphatic heterocycles. The van der Waals surface area contributed by atoms with Gasteiger partial charge in [-0.25, -0.2) is 4.79 Å². The van der Waals surface area contributed by atoms with Crippen molar-refractivity contribution in [3.8, 4) is 0 Å². The second-order valence-corrected chi connectivity index (χ2v) is 6.53. The molecule has 6 heteroatoms. The van der Waals surface area contributed by atoms with Gasteiger partial charge in [0, 0.05) is 25.0 Å². The van der Waals surface area contributed by atoms with Gasteiger partial charge in [0.25, 0.3) is 0 Å². The van der Waals surface area contributed by atoms with Gasteiger partial charge < -0.3 is 20.7 Å². The summed E-state index contributed by atoms with van der Waals surface area (Å²) in [6.45, 7) is 7.37. The highest BCUT2D eigenvalue weighted by Crippen LogP contribution is 2.37. The third kappa shape index (κ3) is 2.83. The average Bonchev–Trinajstić information content (AvgIpc) is 2.57. The fraction of sp³-hybridized carbons (Fsp3) is 0.846. The first-order valence-electron chi connectivity index (χ1n) is 6.75. The number of nitrogens with one attached hydrogen (secondary N) is 1. The van der Waals surface area contributed by atoms with Gasteiger partial charge in [-0.3, -0.25) is 4.79 Å². The molecule has 0 bridgehead atoms. The number of ether oxygens (including phenoxy) is 1. The molecule has 3 N–H and O–H groups in total. The molecule has 0 aromatic rings. The molecular weight excluding hydrogens is 246 g/mol. The van der Waals surface area contributed by atoms with Gasteiger partial charge in [-0.15, -0.1) is 0 Å². The summed E-state index contributed by atoms with van der Waals surface area (Å²) in [6.07, 6.45) is 1.20. The van der Waals surface area contributed by atoms with Crippen LogP contribution < -0.4 is 11.1 Å². The highest BCUT2D eigenvalue weighted by Gasteiger charge is 2.48. The molecule has 2 saturated heterocycles. The maximum absolute atomic E-state index is 12.0. The molecule has 2 rings (SSSR count). The quantitative estimate of drug-likeness (QED) is 0.669. The molecule has 2 amide bonds. The van der Waals surface area contributed by atoms with Crippen molar-refractivity contribution in [2.24, 2.45) is 11.1 Å². The van der Waals surface area contributed by atoms with E-state index in [4.69, 9.17) is 10.5 Å². The number of nitrogens with zero attached hydrogens (tertiary/aromatic N) is 1. The number of hydrogen-bond acceptors (Lipinski definition) is 4. The third-order valence-electron chi connectivity index (χ3n) is 3.97. The lowest BCUT2D eigenvalue weighted by atomic mass is 9.75. The van der Waals surface area contributed by atoms with Crippen LogP contribution in [0.5, 0.6) is 0 Å². The van der Waals surface area contributed by atoms with E-state index in [1.54, 1.807) is 4.90 Å². The standard InChI is InChI=1S/C13H23N3O3/c1-12(2,3)19-11(18)16-6-4-13(5-7-16)8-15-10(17)9(13)14/h9H,4-8,14H2,1-3H3,(H,15,17)/t9-/m0/s1. The molecule has 0 saturated carbocycles. The topological polar surface area (TPSA) is 84.7 Å². The Kier molecular flexibility index (Phi) is 3.47. The largest absolute Gasteiger partial charge is 0.444 e. The lowest BCUT2D eigenvalue weighted by Gasteiger charge is -2.40. The Morgan fingerprint density at radius 1 is 1.42 bits per heavy atom. The van der Waals surface area contributed by atoms with E-state index in [0.29, 0.717) is 19.6 Å². The van der Waals surface area contributed by atoms with Crippen LogP contribution in [-0.2, 0) is 9.53 Å². The first-order valence-corrected chi connectivity index (χ1v) is 6.75. The van der Waals surface area contributed by atoms with Gasteiger partial charge in [-0.2, -0.15) is 0 Å². The Morgan fingerprint density at radius 3 is 2.42 bits per heavy atom. The molecule has 0 aromatic carbocycles. The SMILES string of the molecule is CC(C)(C)OC(=O)N1CCC2(CC1)CNC(=O)[C@@H]2N. The summed E-state index contributed by atoms with van der Waals surface area (Å²) < 4.78 is 5.35. The summed E-state index contributed by atoms with van der Waals surface area (Å²) in [7, 11) is 0. The Hall–Kier alpha value is -1.30. The average molecular weight is 269 g/mol. The first kappa shape index (κ1) is 14.1. The van der Waals surface area contributed by atoms with Crippen LogP contribution in [0.15, 0.2) is 0 Å². The predicted molar refractivity (Wildman–Crippen MR) is 70.5 cm³/mol. The Labute approximate surface area is 113 Å². The zero-order chi connectivity index (χ0) is 14.3. The molecule has 2 aliphatic rings. The molecule has 0 aliphatic carbocycles. The third-order valence-corrected chi connectivity index (χ3v) is 3.97. The summed E-state index contributed by atoms with van der Waals surface area (Å²) >= 11 is 0. The summed E-state index contributed by atoms with van der Waals surface area (Å²) in [5.41, 5.74) is 5.30. The highest BCUT2D eigenvalue weighted by molar-refractivity contribution is 5.85. The van der Waals surface area contributed by atoms with Crippen molar-refractivity contribution in [2.75, 3.05) is 19.6 Å². The maximum atomic E-state index is 12.0. The van der Waals surface area contributed by atoms with E-state index >= 15 is 0 Å². The number of carbonyl (C=O) groups is 2. The van der Waals surface area contributed by atoms with Gasteiger partial charge in [0.2, 0.25) is 5.91 Å². The number of rotatable bonds is 0. The molecular formula is C13H23N3O3. The van der Waals surface area contributed by atoms with Gasteiger partial charge >= 0.3 is 6.09 Å².